The highest BCUT2D eigenvalue weighted by molar-refractivity contribution is 5.90. The molecule has 1 rings (SSSR count). The summed E-state index contributed by atoms with van der Waals surface area (Å²) in [6.45, 7) is -0.181. The molecule has 0 amide bonds. The zero-order chi connectivity index (χ0) is 12.1. The van der Waals surface area contributed by atoms with E-state index in [1.54, 1.807) is 0 Å². The number of carbonyl (C=O) groups is 1. The van der Waals surface area contributed by atoms with Crippen LogP contribution in [0.3, 0.4) is 0 Å². The van der Waals surface area contributed by atoms with Crippen LogP contribution in [0.2, 0.25) is 0 Å². The van der Waals surface area contributed by atoms with Crippen LogP contribution in [0.5, 0.6) is 0 Å². The number of aromatic carboxylic acids is 1. The first-order valence-electron chi connectivity index (χ1n) is 4.38. The molecule has 0 saturated carbocycles. The highest BCUT2D eigenvalue weighted by atomic mass is 19.2. The molecular weight excluding hydrogens is 218 g/mol. The zero-order valence-corrected chi connectivity index (χ0v) is 8.13. The van der Waals surface area contributed by atoms with Gasteiger partial charge < -0.3 is 10.2 Å². The number of hydrogen-bond acceptors (Lipinski definition) is 2. The Morgan fingerprint density at radius 3 is 2.50 bits per heavy atom. The second-order valence-corrected chi connectivity index (χ2v) is 2.89. The normalized spacial score (nSPS) is 9.44. The molecule has 0 atom stereocenters. The van der Waals surface area contributed by atoms with E-state index in [2.05, 4.69) is 11.8 Å². The summed E-state index contributed by atoms with van der Waals surface area (Å²) >= 11 is 0. The standard InChI is InChI=1S/C11H8F2O3/c12-9-5-7(3-1-2-4-14)8(11(15)16)6-10(9)13/h5-6,14H,2,4H2,(H,15,16). The highest BCUT2D eigenvalue weighted by Crippen LogP contribution is 2.14. The van der Waals surface area contributed by atoms with Gasteiger partial charge in [-0.3, -0.25) is 0 Å². The fraction of sp³-hybridized carbons (Fsp3) is 0.182. The smallest absolute Gasteiger partial charge is 0.337 e. The van der Waals surface area contributed by atoms with Gasteiger partial charge in [0.15, 0.2) is 11.6 Å². The zero-order valence-electron chi connectivity index (χ0n) is 8.13. The van der Waals surface area contributed by atoms with Crippen molar-refractivity contribution in [2.45, 2.75) is 6.42 Å². The summed E-state index contributed by atoms with van der Waals surface area (Å²) in [5, 5.41) is 17.2. The van der Waals surface area contributed by atoms with Gasteiger partial charge in [-0.2, -0.15) is 0 Å². The lowest BCUT2D eigenvalue weighted by molar-refractivity contribution is 0.0696. The van der Waals surface area contributed by atoms with Gasteiger partial charge in [-0.15, -0.1) is 0 Å². The molecule has 0 aliphatic carbocycles. The number of carboxylic acids is 1. The van der Waals surface area contributed by atoms with E-state index in [0.717, 1.165) is 6.07 Å². The van der Waals surface area contributed by atoms with Crippen LogP contribution in [-0.2, 0) is 0 Å². The molecule has 0 saturated heterocycles. The predicted octanol–water partition coefficient (Wildman–Crippen LogP) is 1.40. The monoisotopic (exact) mass is 226 g/mol. The lowest BCUT2D eigenvalue weighted by Crippen LogP contribution is -2.02. The second-order valence-electron chi connectivity index (χ2n) is 2.89. The Kier molecular flexibility index (Phi) is 3.97. The molecule has 1 aromatic rings. The summed E-state index contributed by atoms with van der Waals surface area (Å²) in [6.07, 6.45) is 0.137. The van der Waals surface area contributed by atoms with Crippen molar-refractivity contribution in [3.05, 3.63) is 34.9 Å². The fourth-order valence-electron chi connectivity index (χ4n) is 1.04. The van der Waals surface area contributed by atoms with Crippen LogP contribution in [0.15, 0.2) is 12.1 Å². The van der Waals surface area contributed by atoms with Crippen LogP contribution >= 0.6 is 0 Å². The minimum absolute atomic E-state index is 0.111. The lowest BCUT2D eigenvalue weighted by Gasteiger charge is -2.00. The van der Waals surface area contributed by atoms with E-state index in [1.807, 2.05) is 0 Å². The van der Waals surface area contributed by atoms with Gasteiger partial charge in [-0.25, -0.2) is 13.6 Å². The van der Waals surface area contributed by atoms with E-state index in [-0.39, 0.29) is 18.6 Å². The predicted molar refractivity (Wildman–Crippen MR) is 51.9 cm³/mol. The Balaban J connectivity index is 3.21. The van der Waals surface area contributed by atoms with Gasteiger partial charge in [-0.05, 0) is 12.1 Å². The maximum Gasteiger partial charge on any atom is 0.337 e. The number of halogens is 2. The quantitative estimate of drug-likeness (QED) is 0.749. The molecular formula is C11H8F2O3. The molecule has 84 valence electrons. The minimum atomic E-state index is -1.38. The van der Waals surface area contributed by atoms with E-state index in [9.17, 15) is 13.6 Å². The van der Waals surface area contributed by atoms with Crippen molar-refractivity contribution in [1.82, 2.24) is 0 Å². The Morgan fingerprint density at radius 2 is 1.94 bits per heavy atom. The van der Waals surface area contributed by atoms with Gasteiger partial charge in [-0.1, -0.05) is 11.8 Å². The third kappa shape index (κ3) is 2.78. The maximum absolute atomic E-state index is 12.8. The molecule has 0 aromatic heterocycles. The molecule has 3 nitrogen and oxygen atoms in total. The number of benzene rings is 1. The SMILES string of the molecule is O=C(O)c1cc(F)c(F)cc1C#CCCO. The van der Waals surface area contributed by atoms with Gasteiger partial charge in [0.2, 0.25) is 0 Å². The van der Waals surface area contributed by atoms with Crippen molar-refractivity contribution in [3.8, 4) is 11.8 Å². The van der Waals surface area contributed by atoms with Crippen molar-refractivity contribution in [3.63, 3.8) is 0 Å². The van der Waals surface area contributed by atoms with E-state index in [4.69, 9.17) is 10.2 Å². The maximum atomic E-state index is 12.8. The van der Waals surface area contributed by atoms with E-state index in [0.29, 0.717) is 6.07 Å². The third-order valence-electron chi connectivity index (χ3n) is 1.75. The summed E-state index contributed by atoms with van der Waals surface area (Å²) in [7, 11) is 0. The van der Waals surface area contributed by atoms with Crippen LogP contribution in [0.1, 0.15) is 22.3 Å². The molecule has 0 unspecified atom stereocenters. The number of aliphatic hydroxyl groups is 1. The van der Waals surface area contributed by atoms with E-state index in [1.165, 1.54) is 0 Å². The Bertz CT molecular complexity index is 472. The first-order valence-corrected chi connectivity index (χ1v) is 4.38. The summed E-state index contributed by atoms with van der Waals surface area (Å²) < 4.78 is 25.6. The summed E-state index contributed by atoms with van der Waals surface area (Å²) in [4.78, 5) is 10.7. The third-order valence-corrected chi connectivity index (χ3v) is 1.75. The van der Waals surface area contributed by atoms with Gasteiger partial charge >= 0.3 is 5.97 Å². The molecule has 16 heavy (non-hydrogen) atoms. The molecule has 0 bridgehead atoms. The minimum Gasteiger partial charge on any atom is -0.478 e. The summed E-state index contributed by atoms with van der Waals surface area (Å²) in [5.74, 6) is 1.04. The first kappa shape index (κ1) is 12.1. The Hall–Kier alpha value is -1.93. The van der Waals surface area contributed by atoms with Crippen molar-refractivity contribution < 1.29 is 23.8 Å². The molecule has 2 N–H and O–H groups in total. The number of rotatable bonds is 2. The fourth-order valence-corrected chi connectivity index (χ4v) is 1.04. The number of hydrogen-bond donors (Lipinski definition) is 2. The van der Waals surface area contributed by atoms with Crippen molar-refractivity contribution in [2.24, 2.45) is 0 Å². The van der Waals surface area contributed by atoms with Crippen LogP contribution in [0.25, 0.3) is 0 Å². The van der Waals surface area contributed by atoms with Crippen LogP contribution in [0.4, 0.5) is 8.78 Å². The van der Waals surface area contributed by atoms with Gasteiger partial charge in [0.05, 0.1) is 12.2 Å². The molecule has 0 spiro atoms. The molecule has 0 aliphatic heterocycles. The molecule has 1 aromatic carbocycles. The van der Waals surface area contributed by atoms with Crippen LogP contribution in [-0.4, -0.2) is 22.8 Å². The topological polar surface area (TPSA) is 57.5 Å². The number of carboxylic acid groups (broad SMARTS) is 1. The molecule has 0 heterocycles. The van der Waals surface area contributed by atoms with Crippen molar-refractivity contribution >= 4 is 5.97 Å². The molecule has 5 heteroatoms. The average Bonchev–Trinajstić information content (AvgIpc) is 2.23. The van der Waals surface area contributed by atoms with Gasteiger partial charge in [0, 0.05) is 12.0 Å². The Morgan fingerprint density at radius 1 is 1.31 bits per heavy atom. The van der Waals surface area contributed by atoms with E-state index < -0.39 is 23.2 Å². The average molecular weight is 226 g/mol. The van der Waals surface area contributed by atoms with Crippen LogP contribution in [0, 0.1) is 23.5 Å². The lowest BCUT2D eigenvalue weighted by atomic mass is 10.1. The summed E-state index contributed by atoms with van der Waals surface area (Å²) in [5.41, 5.74) is -0.510. The summed E-state index contributed by atoms with van der Waals surface area (Å²) in [6, 6.07) is 1.31. The largest absolute Gasteiger partial charge is 0.478 e. The first-order chi connectivity index (χ1) is 7.56. The van der Waals surface area contributed by atoms with Crippen LogP contribution < -0.4 is 0 Å². The van der Waals surface area contributed by atoms with Crippen molar-refractivity contribution in [1.29, 1.82) is 0 Å². The second kappa shape index (κ2) is 5.24. The number of aliphatic hydroxyl groups excluding tert-OH is 1. The molecule has 0 fully saturated rings. The molecule has 0 aliphatic rings. The van der Waals surface area contributed by atoms with Gasteiger partial charge in [0.1, 0.15) is 0 Å². The highest BCUT2D eigenvalue weighted by Gasteiger charge is 2.13. The van der Waals surface area contributed by atoms with Gasteiger partial charge in [0.25, 0.3) is 0 Å². The molecule has 0 radical (unpaired) electrons. The van der Waals surface area contributed by atoms with Crippen molar-refractivity contribution in [2.75, 3.05) is 6.61 Å². The van der Waals surface area contributed by atoms with E-state index >= 15 is 0 Å². The Labute approximate surface area is 90.3 Å².